The Kier molecular flexibility index (Phi) is 6.09. The molecule has 0 radical (unpaired) electrons. The molecule has 31 heavy (non-hydrogen) atoms. The average molecular weight is 470 g/mol. The highest BCUT2D eigenvalue weighted by Gasteiger charge is 2.39. The van der Waals surface area contributed by atoms with Crippen molar-refractivity contribution in [2.45, 2.75) is 23.8 Å². The Morgan fingerprint density at radius 1 is 1.00 bits per heavy atom. The molecule has 2 aliphatic rings. The molecule has 1 aromatic heterocycles. The van der Waals surface area contributed by atoms with Crippen molar-refractivity contribution in [1.82, 2.24) is 14.1 Å². The predicted molar refractivity (Wildman–Crippen MR) is 110 cm³/mol. The van der Waals surface area contributed by atoms with Crippen molar-refractivity contribution >= 4 is 33.2 Å². The third-order valence-electron chi connectivity index (χ3n) is 5.61. The van der Waals surface area contributed by atoms with Crippen LogP contribution in [0.4, 0.5) is 8.78 Å². The first-order valence-corrected chi connectivity index (χ1v) is 12.2. The highest BCUT2D eigenvalue weighted by molar-refractivity contribution is 7.89. The van der Waals surface area contributed by atoms with E-state index in [4.69, 9.17) is 0 Å². The van der Waals surface area contributed by atoms with E-state index in [2.05, 4.69) is 0 Å². The lowest BCUT2D eigenvalue weighted by Crippen LogP contribution is -2.55. The fraction of sp³-hybridized carbons (Fsp3) is 0.400. The number of benzene rings is 1. The maximum Gasteiger partial charge on any atom is 0.264 e. The third-order valence-corrected chi connectivity index (χ3v) is 8.36. The number of halogens is 2. The number of thiophene rings is 1. The predicted octanol–water partition coefficient (Wildman–Crippen LogP) is 2.16. The van der Waals surface area contributed by atoms with Crippen LogP contribution in [-0.4, -0.2) is 73.1 Å². The number of sulfonamides is 1. The number of carbonyl (C=O) groups is 2. The van der Waals surface area contributed by atoms with Gasteiger partial charge in [-0.1, -0.05) is 6.07 Å². The van der Waals surface area contributed by atoms with Crippen LogP contribution >= 0.6 is 11.3 Å². The zero-order chi connectivity index (χ0) is 22.2. The monoisotopic (exact) mass is 469 g/mol. The molecule has 3 heterocycles. The maximum absolute atomic E-state index is 13.5. The number of hydrogen-bond acceptors (Lipinski definition) is 5. The van der Waals surface area contributed by atoms with Gasteiger partial charge in [-0.05, 0) is 42.5 Å². The van der Waals surface area contributed by atoms with Gasteiger partial charge in [0.15, 0.2) is 11.6 Å². The van der Waals surface area contributed by atoms with Gasteiger partial charge in [-0.3, -0.25) is 9.59 Å². The molecule has 7 nitrogen and oxygen atoms in total. The van der Waals surface area contributed by atoms with E-state index in [0.717, 1.165) is 22.9 Å². The Morgan fingerprint density at radius 2 is 1.74 bits per heavy atom. The Labute approximate surface area is 182 Å². The zero-order valence-electron chi connectivity index (χ0n) is 16.5. The summed E-state index contributed by atoms with van der Waals surface area (Å²) in [6.07, 6.45) is 1.31. The lowest BCUT2D eigenvalue weighted by molar-refractivity contribution is -0.136. The number of likely N-dealkylation sites (tertiary alicyclic amines) is 1. The van der Waals surface area contributed by atoms with Crippen LogP contribution in [0.15, 0.2) is 40.6 Å². The molecule has 11 heteroatoms. The summed E-state index contributed by atoms with van der Waals surface area (Å²) < 4.78 is 53.3. The summed E-state index contributed by atoms with van der Waals surface area (Å²) in [6, 6.07) is 5.43. The number of piperazine rings is 1. The van der Waals surface area contributed by atoms with Gasteiger partial charge in [-0.25, -0.2) is 17.2 Å². The topological polar surface area (TPSA) is 78.0 Å². The van der Waals surface area contributed by atoms with Crippen molar-refractivity contribution in [3.05, 3.63) is 52.2 Å². The van der Waals surface area contributed by atoms with E-state index in [0.29, 0.717) is 23.9 Å². The van der Waals surface area contributed by atoms with Crippen molar-refractivity contribution in [2.24, 2.45) is 0 Å². The van der Waals surface area contributed by atoms with E-state index in [-0.39, 0.29) is 42.9 Å². The number of amides is 2. The van der Waals surface area contributed by atoms with E-state index < -0.39 is 27.7 Å². The Bertz CT molecular complexity index is 1080. The molecule has 4 rings (SSSR count). The van der Waals surface area contributed by atoms with Gasteiger partial charge >= 0.3 is 0 Å². The van der Waals surface area contributed by atoms with Crippen LogP contribution in [0.2, 0.25) is 0 Å². The normalized spacial score (nSPS) is 20.3. The zero-order valence-corrected chi connectivity index (χ0v) is 18.2. The van der Waals surface area contributed by atoms with Gasteiger partial charge < -0.3 is 9.80 Å². The average Bonchev–Trinajstić information content (AvgIpc) is 3.47. The van der Waals surface area contributed by atoms with E-state index in [1.54, 1.807) is 21.9 Å². The van der Waals surface area contributed by atoms with E-state index in [1.165, 1.54) is 11.3 Å². The summed E-state index contributed by atoms with van der Waals surface area (Å²) in [7, 11) is -4.00. The Morgan fingerprint density at radius 3 is 2.39 bits per heavy atom. The molecule has 0 saturated carbocycles. The van der Waals surface area contributed by atoms with Crippen molar-refractivity contribution in [1.29, 1.82) is 0 Å². The molecule has 2 fully saturated rings. The molecular formula is C20H21F2N3O4S2. The van der Waals surface area contributed by atoms with Crippen LogP contribution in [0, 0.1) is 11.6 Å². The third kappa shape index (κ3) is 4.21. The molecule has 0 spiro atoms. The van der Waals surface area contributed by atoms with E-state index in [1.807, 2.05) is 5.38 Å². The molecule has 1 aromatic carbocycles. The van der Waals surface area contributed by atoms with Crippen LogP contribution in [0.3, 0.4) is 0 Å². The minimum Gasteiger partial charge on any atom is -0.338 e. The van der Waals surface area contributed by atoms with Crippen molar-refractivity contribution in [3.8, 4) is 0 Å². The van der Waals surface area contributed by atoms with Crippen molar-refractivity contribution < 1.29 is 26.8 Å². The molecular weight excluding hydrogens is 448 g/mol. The summed E-state index contributed by atoms with van der Waals surface area (Å²) in [5, 5.41) is 1.81. The highest BCUT2D eigenvalue weighted by Crippen LogP contribution is 2.25. The molecule has 0 aliphatic carbocycles. The molecule has 2 amide bonds. The molecule has 166 valence electrons. The summed E-state index contributed by atoms with van der Waals surface area (Å²) in [5.41, 5.74) is 0. The lowest BCUT2D eigenvalue weighted by atomic mass is 10.1. The van der Waals surface area contributed by atoms with E-state index in [9.17, 15) is 26.8 Å². The molecule has 0 unspecified atom stereocenters. The fourth-order valence-corrected chi connectivity index (χ4v) is 6.07. The molecule has 2 aromatic rings. The van der Waals surface area contributed by atoms with Gasteiger partial charge in [0.25, 0.3) is 5.91 Å². The smallest absolute Gasteiger partial charge is 0.264 e. The van der Waals surface area contributed by atoms with Gasteiger partial charge in [0.2, 0.25) is 15.9 Å². The largest absolute Gasteiger partial charge is 0.338 e. The number of rotatable bonds is 4. The summed E-state index contributed by atoms with van der Waals surface area (Å²) in [4.78, 5) is 29.2. The lowest BCUT2D eigenvalue weighted by Gasteiger charge is -2.36. The van der Waals surface area contributed by atoms with Crippen LogP contribution in [-0.2, 0) is 14.8 Å². The van der Waals surface area contributed by atoms with Crippen LogP contribution in [0.5, 0.6) is 0 Å². The van der Waals surface area contributed by atoms with Gasteiger partial charge in [-0.2, -0.15) is 4.31 Å². The minimum atomic E-state index is -4.00. The molecule has 2 aliphatic heterocycles. The van der Waals surface area contributed by atoms with Crippen molar-refractivity contribution in [3.63, 3.8) is 0 Å². The van der Waals surface area contributed by atoms with Gasteiger partial charge in [0.05, 0.1) is 9.77 Å². The van der Waals surface area contributed by atoms with Gasteiger partial charge in [0.1, 0.15) is 6.04 Å². The van der Waals surface area contributed by atoms with Crippen LogP contribution < -0.4 is 0 Å². The summed E-state index contributed by atoms with van der Waals surface area (Å²) >= 11 is 1.33. The Hall–Kier alpha value is -2.37. The molecule has 2 saturated heterocycles. The highest BCUT2D eigenvalue weighted by atomic mass is 32.2. The van der Waals surface area contributed by atoms with Gasteiger partial charge in [0, 0.05) is 32.7 Å². The Balaban J connectivity index is 1.41. The standard InChI is InChI=1S/C20H21F2N3O4S2/c21-15-6-5-14(13-16(15)22)31(28,29)24-10-8-23(9-11-24)19(26)17-3-1-7-25(17)20(27)18-4-2-12-30-18/h2,4-6,12-13,17H,1,3,7-11H2/t17-/m0/s1. The minimum absolute atomic E-state index is 0.0403. The van der Waals surface area contributed by atoms with Gasteiger partial charge in [-0.15, -0.1) is 11.3 Å². The van der Waals surface area contributed by atoms with Crippen molar-refractivity contribution in [2.75, 3.05) is 32.7 Å². The van der Waals surface area contributed by atoms with E-state index >= 15 is 0 Å². The molecule has 0 N–H and O–H groups in total. The second kappa shape index (κ2) is 8.64. The summed E-state index contributed by atoms with van der Waals surface area (Å²) in [5.74, 6) is -2.70. The molecule has 1 atom stereocenters. The second-order valence-electron chi connectivity index (χ2n) is 7.44. The second-order valence-corrected chi connectivity index (χ2v) is 10.3. The van der Waals surface area contributed by atoms with Crippen LogP contribution in [0.25, 0.3) is 0 Å². The summed E-state index contributed by atoms with van der Waals surface area (Å²) in [6.45, 7) is 0.924. The number of nitrogens with zero attached hydrogens (tertiary/aromatic N) is 3. The first-order valence-electron chi connectivity index (χ1n) is 9.87. The first kappa shape index (κ1) is 21.8. The quantitative estimate of drug-likeness (QED) is 0.688. The fourth-order valence-electron chi connectivity index (χ4n) is 3.95. The SMILES string of the molecule is O=C([C@@H]1CCCN1C(=O)c1cccs1)N1CCN(S(=O)(=O)c2ccc(F)c(F)c2)CC1. The maximum atomic E-state index is 13.5. The molecule has 0 bridgehead atoms. The number of carbonyl (C=O) groups excluding carboxylic acids is 2. The first-order chi connectivity index (χ1) is 14.8. The number of hydrogen-bond donors (Lipinski definition) is 0. The van der Waals surface area contributed by atoms with Crippen LogP contribution in [0.1, 0.15) is 22.5 Å².